The number of fused-ring (bicyclic) bond motifs is 1. The lowest BCUT2D eigenvalue weighted by Gasteiger charge is -2.12. The molecule has 0 saturated heterocycles. The zero-order valence-corrected chi connectivity index (χ0v) is 14.4. The van der Waals surface area contributed by atoms with Gasteiger partial charge >= 0.3 is 0 Å². The molecule has 2 aromatic heterocycles. The Bertz CT molecular complexity index is 850. The summed E-state index contributed by atoms with van der Waals surface area (Å²) in [5.41, 5.74) is 9.35. The molecule has 0 aliphatic heterocycles. The Hall–Kier alpha value is -1.30. The van der Waals surface area contributed by atoms with Crippen molar-refractivity contribution in [2.45, 2.75) is 13.8 Å². The van der Waals surface area contributed by atoms with Gasteiger partial charge in [0.25, 0.3) is 0 Å². The van der Waals surface area contributed by atoms with Gasteiger partial charge in [-0.3, -0.25) is 4.57 Å². The summed E-state index contributed by atoms with van der Waals surface area (Å²) in [5.74, 6) is 0.448. The van der Waals surface area contributed by atoms with E-state index in [4.69, 9.17) is 28.9 Å². The predicted molar refractivity (Wildman–Crippen MR) is 90.5 cm³/mol. The molecule has 3 rings (SSSR count). The topological polar surface area (TPSA) is 56.7 Å². The van der Waals surface area contributed by atoms with Crippen molar-refractivity contribution < 1.29 is 0 Å². The molecular weight excluding hydrogens is 375 g/mol. The number of nitrogens with two attached hydrogens (primary N) is 1. The Morgan fingerprint density at radius 2 is 1.76 bits per heavy atom. The molecule has 2 heterocycles. The lowest BCUT2D eigenvalue weighted by Crippen LogP contribution is -2.01. The van der Waals surface area contributed by atoms with E-state index in [-0.39, 0.29) is 0 Å². The third kappa shape index (κ3) is 2.20. The van der Waals surface area contributed by atoms with Crippen molar-refractivity contribution in [3.63, 3.8) is 0 Å². The number of aromatic nitrogens is 3. The fourth-order valence-electron chi connectivity index (χ4n) is 2.45. The summed E-state index contributed by atoms with van der Waals surface area (Å²) in [6.07, 6.45) is 1.44. The standard InChI is InChI=1S/C14H11BrCl2N4/c1-6-7(2)21(14-11(6)13(18)19-5-20-14)12-9(16)3-8(15)4-10(12)17/h3-5H,1-2H3,(H2,18,19,20). The van der Waals surface area contributed by atoms with Gasteiger partial charge in [-0.25, -0.2) is 9.97 Å². The highest BCUT2D eigenvalue weighted by atomic mass is 79.9. The van der Waals surface area contributed by atoms with Crippen molar-refractivity contribution in [3.8, 4) is 5.69 Å². The molecule has 21 heavy (non-hydrogen) atoms. The normalized spacial score (nSPS) is 11.3. The molecular formula is C14H11BrCl2N4. The van der Waals surface area contributed by atoms with Crippen molar-refractivity contribution in [3.05, 3.63) is 44.2 Å². The molecule has 2 N–H and O–H groups in total. The number of hydrogen-bond acceptors (Lipinski definition) is 3. The van der Waals surface area contributed by atoms with E-state index in [1.54, 1.807) is 12.1 Å². The molecule has 1 aromatic carbocycles. The molecule has 0 fully saturated rings. The number of aryl methyl sites for hydroxylation is 1. The molecule has 7 heteroatoms. The van der Waals surface area contributed by atoms with Gasteiger partial charge in [-0.05, 0) is 31.5 Å². The lowest BCUT2D eigenvalue weighted by molar-refractivity contribution is 1.01. The van der Waals surface area contributed by atoms with Gasteiger partial charge in [0.1, 0.15) is 12.1 Å². The van der Waals surface area contributed by atoms with Crippen molar-refractivity contribution >= 4 is 56.0 Å². The Balaban J connectivity index is 2.48. The highest BCUT2D eigenvalue weighted by Crippen LogP contribution is 2.37. The maximum Gasteiger partial charge on any atom is 0.150 e. The summed E-state index contributed by atoms with van der Waals surface area (Å²) in [7, 11) is 0. The first-order valence-electron chi connectivity index (χ1n) is 6.14. The number of benzene rings is 1. The lowest BCUT2D eigenvalue weighted by atomic mass is 10.2. The van der Waals surface area contributed by atoms with Crippen LogP contribution in [0.1, 0.15) is 11.3 Å². The molecule has 0 amide bonds. The molecule has 0 radical (unpaired) electrons. The monoisotopic (exact) mass is 384 g/mol. The quantitative estimate of drug-likeness (QED) is 0.661. The van der Waals surface area contributed by atoms with Crippen molar-refractivity contribution in [1.29, 1.82) is 0 Å². The summed E-state index contributed by atoms with van der Waals surface area (Å²) in [4.78, 5) is 8.40. The summed E-state index contributed by atoms with van der Waals surface area (Å²) in [6, 6.07) is 3.60. The maximum atomic E-state index is 6.38. The van der Waals surface area contributed by atoms with Gasteiger partial charge in [0, 0.05) is 10.2 Å². The highest BCUT2D eigenvalue weighted by molar-refractivity contribution is 9.10. The van der Waals surface area contributed by atoms with E-state index >= 15 is 0 Å². The molecule has 0 aliphatic carbocycles. The first-order valence-corrected chi connectivity index (χ1v) is 7.69. The van der Waals surface area contributed by atoms with Gasteiger partial charge in [0.2, 0.25) is 0 Å². The fourth-order valence-corrected chi connectivity index (χ4v) is 3.83. The fraction of sp³-hybridized carbons (Fsp3) is 0.143. The van der Waals surface area contributed by atoms with Crippen LogP contribution in [0.25, 0.3) is 16.7 Å². The molecule has 3 aromatic rings. The van der Waals surface area contributed by atoms with Crippen LogP contribution >= 0.6 is 39.1 Å². The largest absolute Gasteiger partial charge is 0.383 e. The molecule has 108 valence electrons. The van der Waals surface area contributed by atoms with E-state index in [9.17, 15) is 0 Å². The Morgan fingerprint density at radius 3 is 2.38 bits per heavy atom. The van der Waals surface area contributed by atoms with Crippen LogP contribution in [-0.2, 0) is 0 Å². The summed E-state index contributed by atoms with van der Waals surface area (Å²) >= 11 is 16.1. The second kappa shape index (κ2) is 5.16. The van der Waals surface area contributed by atoms with Gasteiger partial charge in [-0.2, -0.15) is 0 Å². The van der Waals surface area contributed by atoms with Gasteiger partial charge in [-0.1, -0.05) is 39.1 Å². The molecule has 4 nitrogen and oxygen atoms in total. The highest BCUT2D eigenvalue weighted by Gasteiger charge is 2.20. The smallest absolute Gasteiger partial charge is 0.150 e. The Morgan fingerprint density at radius 1 is 1.14 bits per heavy atom. The molecule has 0 spiro atoms. The number of nitrogen functional groups attached to an aromatic ring is 1. The van der Waals surface area contributed by atoms with Crippen LogP contribution in [0.4, 0.5) is 5.82 Å². The first kappa shape index (κ1) is 14.6. The van der Waals surface area contributed by atoms with Gasteiger partial charge in [0.05, 0.1) is 21.1 Å². The molecule has 0 unspecified atom stereocenters. The zero-order valence-electron chi connectivity index (χ0n) is 11.3. The molecule has 0 atom stereocenters. The van der Waals surface area contributed by atoms with Crippen LogP contribution in [0.2, 0.25) is 10.0 Å². The number of anilines is 1. The number of nitrogens with zero attached hydrogens (tertiary/aromatic N) is 3. The van der Waals surface area contributed by atoms with E-state index in [0.717, 1.165) is 21.1 Å². The van der Waals surface area contributed by atoms with Gasteiger partial charge in [-0.15, -0.1) is 0 Å². The summed E-state index contributed by atoms with van der Waals surface area (Å²) < 4.78 is 2.74. The SMILES string of the molecule is Cc1c(C)n(-c2c(Cl)cc(Br)cc2Cl)c2ncnc(N)c12. The number of hydrogen-bond donors (Lipinski definition) is 1. The van der Waals surface area contributed by atoms with Crippen LogP contribution in [-0.4, -0.2) is 14.5 Å². The van der Waals surface area contributed by atoms with Crippen LogP contribution in [0, 0.1) is 13.8 Å². The average Bonchev–Trinajstić information content (AvgIpc) is 2.64. The Kier molecular flexibility index (Phi) is 3.59. The molecule has 0 bridgehead atoms. The van der Waals surface area contributed by atoms with E-state index in [2.05, 4.69) is 25.9 Å². The van der Waals surface area contributed by atoms with Gasteiger partial charge < -0.3 is 5.73 Å². The van der Waals surface area contributed by atoms with E-state index in [1.165, 1.54) is 6.33 Å². The van der Waals surface area contributed by atoms with E-state index < -0.39 is 0 Å². The minimum absolute atomic E-state index is 0.448. The van der Waals surface area contributed by atoms with E-state index in [0.29, 0.717) is 27.2 Å². The minimum Gasteiger partial charge on any atom is -0.383 e. The molecule has 0 aliphatic rings. The minimum atomic E-state index is 0.448. The summed E-state index contributed by atoms with van der Waals surface area (Å²) in [6.45, 7) is 3.96. The van der Waals surface area contributed by atoms with Crippen LogP contribution in [0.15, 0.2) is 22.9 Å². The average molecular weight is 386 g/mol. The maximum absolute atomic E-state index is 6.38. The Labute approximate surface area is 140 Å². The third-order valence-electron chi connectivity index (χ3n) is 3.53. The van der Waals surface area contributed by atoms with Gasteiger partial charge in [0.15, 0.2) is 5.65 Å². The zero-order chi connectivity index (χ0) is 15.3. The second-order valence-electron chi connectivity index (χ2n) is 4.72. The second-order valence-corrected chi connectivity index (χ2v) is 6.45. The third-order valence-corrected chi connectivity index (χ3v) is 4.56. The molecule has 0 saturated carbocycles. The van der Waals surface area contributed by atoms with Crippen molar-refractivity contribution in [2.75, 3.05) is 5.73 Å². The number of halogens is 3. The van der Waals surface area contributed by atoms with Crippen molar-refractivity contribution in [1.82, 2.24) is 14.5 Å². The van der Waals surface area contributed by atoms with Crippen LogP contribution in [0.5, 0.6) is 0 Å². The van der Waals surface area contributed by atoms with E-state index in [1.807, 2.05) is 18.4 Å². The predicted octanol–water partition coefficient (Wildman–Crippen LogP) is 4.69. The van der Waals surface area contributed by atoms with Crippen LogP contribution in [0.3, 0.4) is 0 Å². The number of rotatable bonds is 1. The summed E-state index contributed by atoms with van der Waals surface area (Å²) in [5, 5.41) is 1.89. The first-order chi connectivity index (χ1) is 9.91. The van der Waals surface area contributed by atoms with Crippen LogP contribution < -0.4 is 5.73 Å². The van der Waals surface area contributed by atoms with Crippen molar-refractivity contribution in [2.24, 2.45) is 0 Å².